The van der Waals surface area contributed by atoms with Crippen molar-refractivity contribution < 1.29 is 4.74 Å². The Kier molecular flexibility index (Phi) is 4.15. The van der Waals surface area contributed by atoms with Gasteiger partial charge in [-0.25, -0.2) is 9.51 Å². The summed E-state index contributed by atoms with van der Waals surface area (Å²) in [5, 5.41) is 4.32. The van der Waals surface area contributed by atoms with Gasteiger partial charge in [-0.3, -0.25) is 0 Å². The molecular weight excluding hydrogens is 326 g/mol. The number of benzene rings is 2. The minimum Gasteiger partial charge on any atom is -0.479 e. The minimum atomic E-state index is 0.411. The van der Waals surface area contributed by atoms with Crippen LogP contribution in [0.15, 0.2) is 71.9 Å². The summed E-state index contributed by atoms with van der Waals surface area (Å²) < 4.78 is 7.05. The molecule has 6 nitrogen and oxygen atoms in total. The Bertz CT molecular complexity index is 1030. The van der Waals surface area contributed by atoms with Gasteiger partial charge < -0.3 is 4.74 Å². The Balaban J connectivity index is 1.93. The van der Waals surface area contributed by atoms with Crippen LogP contribution in [0.3, 0.4) is 0 Å². The molecule has 2 heterocycles. The molecule has 0 saturated carbocycles. The van der Waals surface area contributed by atoms with Gasteiger partial charge in [0.25, 0.3) is 5.78 Å². The first-order chi connectivity index (χ1) is 12.7. The van der Waals surface area contributed by atoms with Crippen LogP contribution in [0.25, 0.3) is 5.78 Å². The Morgan fingerprint density at radius 3 is 2.12 bits per heavy atom. The van der Waals surface area contributed by atoms with Crippen molar-refractivity contribution in [3.05, 3.63) is 83.8 Å². The molecule has 0 spiro atoms. The molecule has 4 rings (SSSR count). The lowest BCUT2D eigenvalue weighted by molar-refractivity contribution is 0.399. The number of rotatable bonds is 4. The van der Waals surface area contributed by atoms with Gasteiger partial charge in [-0.15, -0.1) is 0 Å². The van der Waals surface area contributed by atoms with Crippen LogP contribution in [0.2, 0.25) is 0 Å². The summed E-state index contributed by atoms with van der Waals surface area (Å²) in [4.78, 5) is 13.6. The summed E-state index contributed by atoms with van der Waals surface area (Å²) in [7, 11) is 1.58. The van der Waals surface area contributed by atoms with Crippen LogP contribution in [0.4, 0.5) is 5.69 Å². The summed E-state index contributed by atoms with van der Waals surface area (Å²) in [5.41, 5.74) is 3.45. The molecule has 0 aliphatic rings. The second kappa shape index (κ2) is 6.76. The predicted octanol–water partition coefficient (Wildman–Crippen LogP) is 3.61. The molecule has 6 heteroatoms. The molecule has 2 aromatic heterocycles. The van der Waals surface area contributed by atoms with E-state index in [0.717, 1.165) is 16.8 Å². The van der Waals surface area contributed by atoms with E-state index in [1.165, 1.54) is 0 Å². The third-order valence-corrected chi connectivity index (χ3v) is 3.90. The van der Waals surface area contributed by atoms with Gasteiger partial charge >= 0.3 is 0 Å². The highest BCUT2D eigenvalue weighted by Crippen LogP contribution is 2.27. The highest BCUT2D eigenvalue weighted by molar-refractivity contribution is 6.14. The van der Waals surface area contributed by atoms with Crippen LogP contribution in [0.1, 0.15) is 17.0 Å². The number of aliphatic imine (C=N–C) groups is 1. The second-order valence-electron chi connectivity index (χ2n) is 5.73. The molecule has 0 bridgehead atoms. The number of aryl methyl sites for hydroxylation is 1. The Morgan fingerprint density at radius 1 is 0.923 bits per heavy atom. The lowest BCUT2D eigenvalue weighted by Gasteiger charge is -2.09. The molecule has 0 saturated heterocycles. The summed E-state index contributed by atoms with van der Waals surface area (Å²) >= 11 is 0. The quantitative estimate of drug-likeness (QED) is 0.531. The summed E-state index contributed by atoms with van der Waals surface area (Å²) in [6.45, 7) is 1.82. The molecule has 128 valence electrons. The first-order valence-corrected chi connectivity index (χ1v) is 8.22. The third-order valence-electron chi connectivity index (χ3n) is 3.90. The predicted molar refractivity (Wildman–Crippen MR) is 100 cm³/mol. The number of hydrogen-bond donors (Lipinski definition) is 0. The van der Waals surface area contributed by atoms with Crippen LogP contribution in [0.5, 0.6) is 5.88 Å². The molecular formula is C20H17N5O. The SMILES string of the molecule is COc1nc2nc(C)nn2cc1N=C(c1ccccc1)c1ccccc1. The summed E-state index contributed by atoms with van der Waals surface area (Å²) in [6, 6.07) is 20.1. The topological polar surface area (TPSA) is 64.7 Å². The largest absolute Gasteiger partial charge is 0.479 e. The molecule has 4 aromatic rings. The fourth-order valence-corrected chi connectivity index (χ4v) is 2.74. The average Bonchev–Trinajstić information content (AvgIpc) is 3.05. The van der Waals surface area contributed by atoms with Gasteiger partial charge in [0, 0.05) is 11.1 Å². The lowest BCUT2D eigenvalue weighted by atomic mass is 10.0. The Morgan fingerprint density at radius 2 is 1.54 bits per heavy atom. The number of ether oxygens (including phenoxy) is 1. The van der Waals surface area contributed by atoms with Crippen molar-refractivity contribution in [3.63, 3.8) is 0 Å². The van der Waals surface area contributed by atoms with E-state index >= 15 is 0 Å². The van der Waals surface area contributed by atoms with Gasteiger partial charge in [0.2, 0.25) is 5.88 Å². The highest BCUT2D eigenvalue weighted by Gasteiger charge is 2.13. The zero-order valence-electron chi connectivity index (χ0n) is 14.5. The van der Waals surface area contributed by atoms with Gasteiger partial charge in [0.15, 0.2) is 0 Å². The van der Waals surface area contributed by atoms with Gasteiger partial charge in [0.05, 0.1) is 19.0 Å². The number of methoxy groups -OCH3 is 1. The minimum absolute atomic E-state index is 0.411. The monoisotopic (exact) mass is 343 g/mol. The van der Waals surface area contributed by atoms with Crippen molar-refractivity contribution in [3.8, 4) is 5.88 Å². The number of fused-ring (bicyclic) bond motifs is 1. The van der Waals surface area contributed by atoms with E-state index in [1.54, 1.807) is 17.8 Å². The number of aromatic nitrogens is 4. The van der Waals surface area contributed by atoms with Crippen LogP contribution in [-0.2, 0) is 0 Å². The molecule has 0 N–H and O–H groups in total. The van der Waals surface area contributed by atoms with Crippen LogP contribution in [0, 0.1) is 6.92 Å². The van der Waals surface area contributed by atoms with Crippen molar-refractivity contribution >= 4 is 17.2 Å². The van der Waals surface area contributed by atoms with Gasteiger partial charge in [-0.2, -0.15) is 15.1 Å². The van der Waals surface area contributed by atoms with E-state index in [9.17, 15) is 0 Å². The van der Waals surface area contributed by atoms with Crippen molar-refractivity contribution in [2.24, 2.45) is 4.99 Å². The van der Waals surface area contributed by atoms with E-state index in [4.69, 9.17) is 9.73 Å². The zero-order chi connectivity index (χ0) is 17.9. The zero-order valence-corrected chi connectivity index (χ0v) is 14.5. The van der Waals surface area contributed by atoms with Crippen LogP contribution < -0.4 is 4.74 Å². The molecule has 0 amide bonds. The Hall–Kier alpha value is -3.54. The van der Waals surface area contributed by atoms with Crippen molar-refractivity contribution in [1.29, 1.82) is 0 Å². The number of hydrogen-bond acceptors (Lipinski definition) is 5. The molecule has 0 fully saturated rings. The summed E-state index contributed by atoms with van der Waals surface area (Å²) in [6.07, 6.45) is 1.78. The average molecular weight is 343 g/mol. The second-order valence-corrected chi connectivity index (χ2v) is 5.73. The molecule has 0 unspecified atom stereocenters. The number of nitrogens with zero attached hydrogens (tertiary/aromatic N) is 5. The van der Waals surface area contributed by atoms with E-state index in [-0.39, 0.29) is 0 Å². The molecule has 0 radical (unpaired) electrons. The van der Waals surface area contributed by atoms with E-state index in [2.05, 4.69) is 15.1 Å². The molecule has 2 aromatic carbocycles. The fourth-order valence-electron chi connectivity index (χ4n) is 2.74. The first-order valence-electron chi connectivity index (χ1n) is 8.22. The van der Waals surface area contributed by atoms with Crippen LogP contribution in [-0.4, -0.2) is 32.4 Å². The molecule has 26 heavy (non-hydrogen) atoms. The van der Waals surface area contributed by atoms with Gasteiger partial charge in [0.1, 0.15) is 11.5 Å². The van der Waals surface area contributed by atoms with Crippen molar-refractivity contribution in [2.75, 3.05) is 7.11 Å². The van der Waals surface area contributed by atoms with E-state index in [1.807, 2.05) is 67.6 Å². The smallest absolute Gasteiger partial charge is 0.255 e. The molecule has 0 aliphatic heterocycles. The molecule has 0 aliphatic carbocycles. The van der Waals surface area contributed by atoms with Gasteiger partial charge in [-0.1, -0.05) is 60.7 Å². The summed E-state index contributed by atoms with van der Waals surface area (Å²) in [5.74, 6) is 1.54. The van der Waals surface area contributed by atoms with Gasteiger partial charge in [-0.05, 0) is 6.92 Å². The maximum absolute atomic E-state index is 5.44. The van der Waals surface area contributed by atoms with E-state index in [0.29, 0.717) is 23.2 Å². The maximum Gasteiger partial charge on any atom is 0.255 e. The Labute approximate surface area is 150 Å². The van der Waals surface area contributed by atoms with E-state index < -0.39 is 0 Å². The third kappa shape index (κ3) is 3.04. The maximum atomic E-state index is 5.44. The normalized spacial score (nSPS) is 10.7. The fraction of sp³-hybridized carbons (Fsp3) is 0.100. The lowest BCUT2D eigenvalue weighted by Crippen LogP contribution is -2.04. The first kappa shape index (κ1) is 16.0. The van der Waals surface area contributed by atoms with Crippen LogP contribution >= 0.6 is 0 Å². The highest BCUT2D eigenvalue weighted by atomic mass is 16.5. The van der Waals surface area contributed by atoms with Crippen molar-refractivity contribution in [2.45, 2.75) is 6.92 Å². The molecule has 0 atom stereocenters. The van der Waals surface area contributed by atoms with Crippen molar-refractivity contribution in [1.82, 2.24) is 19.6 Å². The standard InChI is InChI=1S/C20H17N5O/c1-14-21-20-23-19(26-2)17(13-25(20)24-14)22-18(15-9-5-3-6-10-15)16-11-7-4-8-12-16/h3-13H,1-2H3.